The summed E-state index contributed by atoms with van der Waals surface area (Å²) in [5.74, 6) is -2.15. The third kappa shape index (κ3) is 4.29. The minimum Gasteiger partial charge on any atom is -0.465 e. The quantitative estimate of drug-likeness (QED) is 0.676. The lowest BCUT2D eigenvalue weighted by molar-refractivity contribution is -0.119. The number of amides is 1. The van der Waals surface area contributed by atoms with E-state index in [1.807, 2.05) is 0 Å². The van der Waals surface area contributed by atoms with E-state index >= 15 is 0 Å². The molecule has 3 aromatic rings. The van der Waals surface area contributed by atoms with Gasteiger partial charge in [-0.15, -0.1) is 11.3 Å². The lowest BCUT2D eigenvalue weighted by Gasteiger charge is -2.06. The lowest BCUT2D eigenvalue weighted by Crippen LogP contribution is -2.20. The summed E-state index contributed by atoms with van der Waals surface area (Å²) in [4.78, 5) is 35.6. The van der Waals surface area contributed by atoms with Crippen molar-refractivity contribution in [3.63, 3.8) is 0 Å². The number of nitrogens with one attached hydrogen (secondary N) is 1. The first-order chi connectivity index (χ1) is 13.0. The van der Waals surface area contributed by atoms with Gasteiger partial charge < -0.3 is 14.8 Å². The maximum Gasteiger partial charge on any atom is 0.348 e. The van der Waals surface area contributed by atoms with E-state index in [2.05, 4.69) is 10.1 Å². The average molecular weight is 387 g/mol. The van der Waals surface area contributed by atoms with Gasteiger partial charge in [0.2, 0.25) is 0 Å². The highest BCUT2D eigenvalue weighted by atomic mass is 32.1. The number of methoxy groups -OCH3 is 1. The van der Waals surface area contributed by atoms with Gasteiger partial charge in [-0.1, -0.05) is 6.07 Å². The number of hydrogen-bond donors (Lipinski definition) is 1. The zero-order valence-corrected chi connectivity index (χ0v) is 15.0. The predicted molar refractivity (Wildman–Crippen MR) is 98.5 cm³/mol. The number of thiophene rings is 1. The fourth-order valence-corrected chi connectivity index (χ4v) is 3.30. The van der Waals surface area contributed by atoms with Gasteiger partial charge in [-0.25, -0.2) is 14.0 Å². The number of esters is 2. The van der Waals surface area contributed by atoms with Crippen LogP contribution in [0, 0.1) is 5.82 Å². The largest absolute Gasteiger partial charge is 0.465 e. The Morgan fingerprint density at radius 2 is 1.81 bits per heavy atom. The highest BCUT2D eigenvalue weighted by Gasteiger charge is 2.15. The van der Waals surface area contributed by atoms with Crippen LogP contribution in [-0.4, -0.2) is 31.6 Å². The number of hydrogen-bond acceptors (Lipinski definition) is 6. The number of ether oxygens (including phenoxy) is 2. The summed E-state index contributed by atoms with van der Waals surface area (Å²) < 4.78 is 23.9. The molecule has 1 N–H and O–H groups in total. The van der Waals surface area contributed by atoms with Gasteiger partial charge in [0.1, 0.15) is 10.7 Å². The van der Waals surface area contributed by atoms with Gasteiger partial charge in [-0.2, -0.15) is 0 Å². The molecule has 3 rings (SSSR count). The number of anilines is 1. The molecule has 1 heterocycles. The van der Waals surface area contributed by atoms with E-state index in [4.69, 9.17) is 4.74 Å². The van der Waals surface area contributed by atoms with Crippen LogP contribution in [0.4, 0.5) is 10.1 Å². The molecular formula is C19H14FNO5S. The van der Waals surface area contributed by atoms with E-state index in [-0.39, 0.29) is 4.88 Å². The molecule has 0 aliphatic rings. The summed E-state index contributed by atoms with van der Waals surface area (Å²) in [6.07, 6.45) is 0. The van der Waals surface area contributed by atoms with Gasteiger partial charge in [0.25, 0.3) is 5.91 Å². The molecule has 6 nitrogen and oxygen atoms in total. The zero-order chi connectivity index (χ0) is 19.4. The summed E-state index contributed by atoms with van der Waals surface area (Å²) in [6.45, 7) is -0.492. The molecule has 1 aromatic heterocycles. The first-order valence-electron chi connectivity index (χ1n) is 7.81. The molecule has 0 spiro atoms. The van der Waals surface area contributed by atoms with Crippen molar-refractivity contribution in [2.24, 2.45) is 0 Å². The van der Waals surface area contributed by atoms with Gasteiger partial charge in [-0.3, -0.25) is 4.79 Å². The van der Waals surface area contributed by atoms with Crippen LogP contribution in [0.15, 0.2) is 48.5 Å². The van der Waals surface area contributed by atoms with Crippen LogP contribution in [0.25, 0.3) is 10.1 Å². The molecule has 0 aliphatic heterocycles. The zero-order valence-electron chi connectivity index (χ0n) is 14.2. The molecule has 0 bridgehead atoms. The Labute approximate surface area is 157 Å². The van der Waals surface area contributed by atoms with Crippen LogP contribution in [0.5, 0.6) is 0 Å². The molecule has 27 heavy (non-hydrogen) atoms. The highest BCUT2D eigenvalue weighted by Crippen LogP contribution is 2.28. The summed E-state index contributed by atoms with van der Waals surface area (Å²) in [6, 6.07) is 12.0. The molecule has 0 radical (unpaired) electrons. The molecule has 0 atom stereocenters. The molecule has 0 aliphatic carbocycles. The smallest absolute Gasteiger partial charge is 0.348 e. The molecule has 0 saturated heterocycles. The fraction of sp³-hybridized carbons (Fsp3) is 0.105. The van der Waals surface area contributed by atoms with Crippen LogP contribution in [0.3, 0.4) is 0 Å². The van der Waals surface area contributed by atoms with Gasteiger partial charge in [0, 0.05) is 15.8 Å². The number of halogens is 1. The third-order valence-corrected chi connectivity index (χ3v) is 4.71. The van der Waals surface area contributed by atoms with Crippen molar-refractivity contribution in [3.05, 3.63) is 64.8 Å². The Morgan fingerprint density at radius 3 is 2.48 bits per heavy atom. The standard InChI is InChI=1S/C19H14FNO5S/c1-25-18(23)11-5-7-12(8-6-11)21-17(22)10-26-19(24)16-9-13-14(20)3-2-4-15(13)27-16/h2-9H,10H2,1H3,(H,21,22). The SMILES string of the molecule is COC(=O)c1ccc(NC(=O)COC(=O)c2cc3c(F)cccc3s2)cc1. The van der Waals surface area contributed by atoms with Crippen molar-refractivity contribution in [3.8, 4) is 0 Å². The van der Waals surface area contributed by atoms with Crippen molar-refractivity contribution in [2.45, 2.75) is 0 Å². The number of rotatable bonds is 5. The van der Waals surface area contributed by atoms with E-state index in [1.165, 1.54) is 43.5 Å². The van der Waals surface area contributed by atoms with Crippen molar-refractivity contribution in [1.29, 1.82) is 0 Å². The highest BCUT2D eigenvalue weighted by molar-refractivity contribution is 7.20. The first-order valence-corrected chi connectivity index (χ1v) is 8.63. The van der Waals surface area contributed by atoms with Gasteiger partial charge in [0.15, 0.2) is 6.61 Å². The second kappa shape index (κ2) is 7.96. The Hall–Kier alpha value is -3.26. The number of fused-ring (bicyclic) bond motifs is 1. The molecule has 0 unspecified atom stereocenters. The van der Waals surface area contributed by atoms with Crippen LogP contribution < -0.4 is 5.32 Å². The Morgan fingerprint density at radius 1 is 1.07 bits per heavy atom. The van der Waals surface area contributed by atoms with Crippen LogP contribution in [-0.2, 0) is 14.3 Å². The van der Waals surface area contributed by atoms with Gasteiger partial charge in [-0.05, 0) is 42.5 Å². The van der Waals surface area contributed by atoms with Gasteiger partial charge >= 0.3 is 11.9 Å². The second-order valence-electron chi connectivity index (χ2n) is 5.46. The lowest BCUT2D eigenvalue weighted by atomic mass is 10.2. The topological polar surface area (TPSA) is 81.7 Å². The summed E-state index contributed by atoms with van der Waals surface area (Å²) in [5, 5.41) is 2.88. The maximum atomic E-state index is 13.7. The molecule has 0 fully saturated rings. The average Bonchev–Trinajstić information content (AvgIpc) is 3.12. The van der Waals surface area contributed by atoms with Crippen LogP contribution >= 0.6 is 11.3 Å². The third-order valence-electron chi connectivity index (χ3n) is 3.63. The molecule has 138 valence electrons. The summed E-state index contributed by atoms with van der Waals surface area (Å²) in [7, 11) is 1.28. The van der Waals surface area contributed by atoms with E-state index in [0.717, 1.165) is 11.3 Å². The first kappa shape index (κ1) is 18.5. The predicted octanol–water partition coefficient (Wildman–Crippen LogP) is 3.62. The van der Waals surface area contributed by atoms with Gasteiger partial charge in [0.05, 0.1) is 12.7 Å². The minimum absolute atomic E-state index is 0.213. The summed E-state index contributed by atoms with van der Waals surface area (Å²) in [5.41, 5.74) is 0.784. The minimum atomic E-state index is -0.702. The van der Waals surface area contributed by atoms with E-state index in [1.54, 1.807) is 12.1 Å². The molecular weight excluding hydrogens is 373 g/mol. The van der Waals surface area contributed by atoms with Crippen molar-refractivity contribution < 1.29 is 28.2 Å². The van der Waals surface area contributed by atoms with Crippen LogP contribution in [0.2, 0.25) is 0 Å². The molecule has 2 aromatic carbocycles. The number of carbonyl (C=O) groups excluding carboxylic acids is 3. The number of benzene rings is 2. The molecule has 1 amide bonds. The Bertz CT molecular complexity index is 1010. The second-order valence-corrected chi connectivity index (χ2v) is 6.54. The van der Waals surface area contributed by atoms with E-state index in [0.29, 0.717) is 21.3 Å². The molecule has 8 heteroatoms. The van der Waals surface area contributed by atoms with E-state index in [9.17, 15) is 18.8 Å². The Kier molecular flexibility index (Phi) is 5.46. The van der Waals surface area contributed by atoms with Crippen molar-refractivity contribution in [1.82, 2.24) is 0 Å². The van der Waals surface area contributed by atoms with E-state index < -0.39 is 30.3 Å². The fourth-order valence-electron chi connectivity index (χ4n) is 2.33. The number of carbonyl (C=O) groups is 3. The van der Waals surface area contributed by atoms with Crippen LogP contribution in [0.1, 0.15) is 20.0 Å². The summed E-state index contributed by atoms with van der Waals surface area (Å²) >= 11 is 1.09. The van der Waals surface area contributed by atoms with Crippen molar-refractivity contribution in [2.75, 3.05) is 19.0 Å². The maximum absolute atomic E-state index is 13.7. The normalized spacial score (nSPS) is 10.4. The Balaban J connectivity index is 1.57. The van der Waals surface area contributed by atoms with Crippen molar-refractivity contribution >= 4 is 45.0 Å². The monoisotopic (exact) mass is 387 g/mol. The molecule has 0 saturated carbocycles.